The summed E-state index contributed by atoms with van der Waals surface area (Å²) >= 11 is 0. The molecule has 1 aliphatic heterocycles. The van der Waals surface area contributed by atoms with Crippen LogP contribution < -0.4 is 4.90 Å². The fraction of sp³-hybridized carbons (Fsp3) is 0.158. The minimum absolute atomic E-state index is 0.140. The number of carbonyl (C=O) groups is 2. The predicted octanol–water partition coefficient (Wildman–Crippen LogP) is 3.23. The summed E-state index contributed by atoms with van der Waals surface area (Å²) in [6, 6.07) is 17.1. The molecule has 114 valence electrons. The Bertz CT molecular complexity index is 912. The minimum atomic E-state index is -0.409. The van der Waals surface area contributed by atoms with Crippen molar-refractivity contribution in [3.05, 3.63) is 66.4 Å². The summed E-state index contributed by atoms with van der Waals surface area (Å²) < 4.78 is 2.01. The van der Waals surface area contributed by atoms with E-state index in [2.05, 4.69) is 0 Å². The Kier molecular flexibility index (Phi) is 3.05. The number of imide groups is 1. The van der Waals surface area contributed by atoms with Crippen LogP contribution in [-0.2, 0) is 16.6 Å². The van der Waals surface area contributed by atoms with Crippen LogP contribution in [0.25, 0.3) is 10.9 Å². The van der Waals surface area contributed by atoms with Crippen LogP contribution in [0.2, 0.25) is 0 Å². The summed E-state index contributed by atoms with van der Waals surface area (Å²) in [6.45, 7) is 0. The van der Waals surface area contributed by atoms with E-state index in [-0.39, 0.29) is 18.2 Å². The number of hydrogen-bond acceptors (Lipinski definition) is 2. The van der Waals surface area contributed by atoms with E-state index < -0.39 is 5.92 Å². The molecule has 2 heterocycles. The Morgan fingerprint density at radius 3 is 2.43 bits per heavy atom. The summed E-state index contributed by atoms with van der Waals surface area (Å²) in [4.78, 5) is 26.6. The van der Waals surface area contributed by atoms with Gasteiger partial charge in [-0.3, -0.25) is 14.5 Å². The zero-order valence-electron chi connectivity index (χ0n) is 12.8. The largest absolute Gasteiger partial charge is 0.350 e. The van der Waals surface area contributed by atoms with Crippen molar-refractivity contribution < 1.29 is 9.59 Å². The maximum atomic E-state index is 12.9. The first-order valence-electron chi connectivity index (χ1n) is 7.62. The second-order valence-corrected chi connectivity index (χ2v) is 5.87. The van der Waals surface area contributed by atoms with Crippen molar-refractivity contribution in [1.82, 2.24) is 4.57 Å². The quantitative estimate of drug-likeness (QED) is 0.682. The molecule has 4 rings (SSSR count). The normalized spacial score (nSPS) is 18.1. The number of aromatic nitrogens is 1. The van der Waals surface area contributed by atoms with Gasteiger partial charge in [-0.1, -0.05) is 36.4 Å². The maximum absolute atomic E-state index is 12.9. The number of aryl methyl sites for hydroxylation is 1. The van der Waals surface area contributed by atoms with Gasteiger partial charge in [-0.25, -0.2) is 0 Å². The van der Waals surface area contributed by atoms with Gasteiger partial charge in [0.1, 0.15) is 0 Å². The number of benzene rings is 2. The van der Waals surface area contributed by atoms with E-state index in [0.29, 0.717) is 5.69 Å². The molecule has 1 fully saturated rings. The van der Waals surface area contributed by atoms with Crippen LogP contribution in [-0.4, -0.2) is 16.4 Å². The van der Waals surface area contributed by atoms with E-state index in [1.165, 1.54) is 4.90 Å². The first-order valence-corrected chi connectivity index (χ1v) is 7.62. The first-order chi connectivity index (χ1) is 11.2. The number of nitrogens with zero attached hydrogens (tertiary/aromatic N) is 2. The van der Waals surface area contributed by atoms with Crippen molar-refractivity contribution in [3.63, 3.8) is 0 Å². The molecule has 1 unspecified atom stereocenters. The Balaban J connectivity index is 1.79. The molecule has 0 saturated carbocycles. The molecule has 1 aliphatic rings. The van der Waals surface area contributed by atoms with Gasteiger partial charge in [-0.15, -0.1) is 0 Å². The van der Waals surface area contributed by atoms with Crippen LogP contribution in [0.1, 0.15) is 17.9 Å². The van der Waals surface area contributed by atoms with E-state index in [1.807, 2.05) is 60.3 Å². The van der Waals surface area contributed by atoms with Crippen LogP contribution >= 0.6 is 0 Å². The van der Waals surface area contributed by atoms with Gasteiger partial charge in [0.15, 0.2) is 0 Å². The monoisotopic (exact) mass is 304 g/mol. The molecule has 3 aromatic rings. The summed E-state index contributed by atoms with van der Waals surface area (Å²) in [5, 5.41) is 1.04. The highest BCUT2D eigenvalue weighted by molar-refractivity contribution is 6.23. The molecule has 1 aromatic heterocycles. The summed E-state index contributed by atoms with van der Waals surface area (Å²) in [6.07, 6.45) is 2.19. The van der Waals surface area contributed by atoms with Crippen LogP contribution in [0.5, 0.6) is 0 Å². The Morgan fingerprint density at radius 1 is 0.957 bits per heavy atom. The van der Waals surface area contributed by atoms with Gasteiger partial charge < -0.3 is 4.57 Å². The number of anilines is 1. The van der Waals surface area contributed by atoms with Crippen molar-refractivity contribution in [2.24, 2.45) is 7.05 Å². The maximum Gasteiger partial charge on any atom is 0.241 e. The summed E-state index contributed by atoms with van der Waals surface area (Å²) in [7, 11) is 1.96. The van der Waals surface area contributed by atoms with Crippen LogP contribution in [0.15, 0.2) is 60.8 Å². The molecule has 0 bridgehead atoms. The lowest BCUT2D eigenvalue weighted by atomic mass is 9.97. The number of para-hydroxylation sites is 2. The standard InChI is InChI=1S/C19H16N2O2/c1-20-12-16(14-9-5-6-10-17(14)20)15-11-18(22)21(19(15)23)13-7-3-2-4-8-13/h2-10,12,15H,11H2,1H3. The Hall–Kier alpha value is -2.88. The zero-order valence-corrected chi connectivity index (χ0v) is 12.8. The Morgan fingerprint density at radius 2 is 1.65 bits per heavy atom. The number of hydrogen-bond donors (Lipinski definition) is 0. The molecular weight excluding hydrogens is 288 g/mol. The third-order valence-corrected chi connectivity index (χ3v) is 4.46. The van der Waals surface area contributed by atoms with Crippen molar-refractivity contribution in [3.8, 4) is 0 Å². The zero-order chi connectivity index (χ0) is 16.0. The number of amides is 2. The number of rotatable bonds is 2. The van der Waals surface area contributed by atoms with Crippen LogP contribution in [0, 0.1) is 0 Å². The van der Waals surface area contributed by atoms with E-state index >= 15 is 0 Å². The minimum Gasteiger partial charge on any atom is -0.350 e. The fourth-order valence-electron chi connectivity index (χ4n) is 3.37. The SMILES string of the molecule is Cn1cc(C2CC(=O)N(c3ccccc3)C2=O)c2ccccc21. The van der Waals surface area contributed by atoms with Gasteiger partial charge in [-0.2, -0.15) is 0 Å². The van der Waals surface area contributed by atoms with Crippen molar-refractivity contribution in [2.75, 3.05) is 4.90 Å². The third kappa shape index (κ3) is 2.06. The van der Waals surface area contributed by atoms with Gasteiger partial charge in [0.2, 0.25) is 11.8 Å². The van der Waals surface area contributed by atoms with E-state index in [4.69, 9.17) is 0 Å². The van der Waals surface area contributed by atoms with Gasteiger partial charge in [0, 0.05) is 30.6 Å². The average molecular weight is 304 g/mol. The van der Waals surface area contributed by atoms with Crippen LogP contribution in [0.3, 0.4) is 0 Å². The first kappa shape index (κ1) is 13.8. The van der Waals surface area contributed by atoms with E-state index in [0.717, 1.165) is 16.5 Å². The van der Waals surface area contributed by atoms with Crippen molar-refractivity contribution in [1.29, 1.82) is 0 Å². The average Bonchev–Trinajstić information content (AvgIpc) is 3.06. The van der Waals surface area contributed by atoms with Gasteiger partial charge in [0.25, 0.3) is 0 Å². The number of fused-ring (bicyclic) bond motifs is 1. The molecule has 0 spiro atoms. The topological polar surface area (TPSA) is 42.3 Å². The molecule has 0 N–H and O–H groups in total. The van der Waals surface area contributed by atoms with Crippen molar-refractivity contribution >= 4 is 28.4 Å². The highest BCUT2D eigenvalue weighted by Crippen LogP contribution is 2.36. The molecule has 1 atom stereocenters. The number of carbonyl (C=O) groups excluding carboxylic acids is 2. The predicted molar refractivity (Wildman–Crippen MR) is 89.2 cm³/mol. The van der Waals surface area contributed by atoms with E-state index in [9.17, 15) is 9.59 Å². The van der Waals surface area contributed by atoms with Gasteiger partial charge in [-0.05, 0) is 23.8 Å². The Labute approximate surface area is 133 Å². The lowest BCUT2D eigenvalue weighted by Crippen LogP contribution is -2.29. The molecule has 4 nitrogen and oxygen atoms in total. The van der Waals surface area contributed by atoms with E-state index in [1.54, 1.807) is 12.1 Å². The molecule has 1 saturated heterocycles. The molecule has 4 heteroatoms. The molecule has 2 amide bonds. The lowest BCUT2D eigenvalue weighted by Gasteiger charge is -2.14. The molecular formula is C19H16N2O2. The molecule has 23 heavy (non-hydrogen) atoms. The highest BCUT2D eigenvalue weighted by atomic mass is 16.2. The molecule has 0 radical (unpaired) electrons. The third-order valence-electron chi connectivity index (χ3n) is 4.46. The molecule has 2 aromatic carbocycles. The second kappa shape index (κ2) is 5.09. The summed E-state index contributed by atoms with van der Waals surface area (Å²) in [5.41, 5.74) is 2.64. The van der Waals surface area contributed by atoms with Gasteiger partial charge >= 0.3 is 0 Å². The second-order valence-electron chi connectivity index (χ2n) is 5.87. The summed E-state index contributed by atoms with van der Waals surface area (Å²) in [5.74, 6) is -0.689. The highest BCUT2D eigenvalue weighted by Gasteiger charge is 2.41. The van der Waals surface area contributed by atoms with Crippen molar-refractivity contribution in [2.45, 2.75) is 12.3 Å². The smallest absolute Gasteiger partial charge is 0.241 e. The fourth-order valence-corrected chi connectivity index (χ4v) is 3.37. The van der Waals surface area contributed by atoms with Gasteiger partial charge in [0.05, 0.1) is 11.6 Å². The molecule has 0 aliphatic carbocycles. The lowest BCUT2D eigenvalue weighted by molar-refractivity contribution is -0.121. The van der Waals surface area contributed by atoms with Crippen LogP contribution in [0.4, 0.5) is 5.69 Å².